The van der Waals surface area contributed by atoms with Gasteiger partial charge in [0.15, 0.2) is 0 Å². The predicted octanol–water partition coefficient (Wildman–Crippen LogP) is 6.94. The maximum absolute atomic E-state index is 11.1. The fourth-order valence-corrected chi connectivity index (χ4v) is 2.67. The van der Waals surface area contributed by atoms with Crippen molar-refractivity contribution >= 4 is 11.9 Å². The molecule has 0 heterocycles. The zero-order chi connectivity index (χ0) is 22.5. The van der Waals surface area contributed by atoms with Crippen LogP contribution in [0.4, 0.5) is 0 Å². The van der Waals surface area contributed by atoms with Gasteiger partial charge in [-0.1, -0.05) is 108 Å². The average Bonchev–Trinajstić information content (AvgIpc) is 2.76. The quantitative estimate of drug-likeness (QED) is 0.176. The summed E-state index contributed by atoms with van der Waals surface area (Å²) in [4.78, 5) is 21.7. The van der Waals surface area contributed by atoms with Gasteiger partial charge in [0.25, 0.3) is 0 Å². The molecule has 1 aromatic carbocycles. The SMILES string of the molecule is C=C(C)C(=O)OCCCCCCCCCCCC.C=CC(=O)OCc1ccccc1. The third-order valence-electron chi connectivity index (χ3n) is 4.47. The van der Waals surface area contributed by atoms with Gasteiger partial charge in [-0.15, -0.1) is 0 Å². The minimum absolute atomic E-state index is 0.258. The Hall–Kier alpha value is -2.36. The van der Waals surface area contributed by atoms with Crippen LogP contribution in [-0.2, 0) is 25.7 Å². The van der Waals surface area contributed by atoms with E-state index >= 15 is 0 Å². The first-order chi connectivity index (χ1) is 14.5. The maximum Gasteiger partial charge on any atom is 0.333 e. The molecule has 0 unspecified atom stereocenters. The van der Waals surface area contributed by atoms with Crippen LogP contribution in [0, 0.1) is 0 Å². The van der Waals surface area contributed by atoms with Crippen molar-refractivity contribution in [3.8, 4) is 0 Å². The topological polar surface area (TPSA) is 52.6 Å². The van der Waals surface area contributed by atoms with Crippen LogP contribution >= 0.6 is 0 Å². The summed E-state index contributed by atoms with van der Waals surface area (Å²) in [6.07, 6.45) is 14.1. The van der Waals surface area contributed by atoms with E-state index in [1.165, 1.54) is 57.8 Å². The lowest BCUT2D eigenvalue weighted by molar-refractivity contribution is -0.139. The Morgan fingerprint density at radius 2 is 1.40 bits per heavy atom. The number of carbonyl (C=O) groups is 2. The molecule has 0 amide bonds. The largest absolute Gasteiger partial charge is 0.462 e. The van der Waals surface area contributed by atoms with Crippen molar-refractivity contribution in [1.82, 2.24) is 0 Å². The highest BCUT2D eigenvalue weighted by atomic mass is 16.5. The number of hydrogen-bond acceptors (Lipinski definition) is 4. The molecule has 0 N–H and O–H groups in total. The molecular formula is C26H40O4. The second kappa shape index (κ2) is 19.9. The van der Waals surface area contributed by atoms with E-state index in [0.717, 1.165) is 18.1 Å². The maximum atomic E-state index is 11.1. The van der Waals surface area contributed by atoms with Crippen molar-refractivity contribution < 1.29 is 19.1 Å². The van der Waals surface area contributed by atoms with Crippen LogP contribution in [0.2, 0.25) is 0 Å². The number of carbonyl (C=O) groups excluding carboxylic acids is 2. The zero-order valence-corrected chi connectivity index (χ0v) is 19.0. The van der Waals surface area contributed by atoms with Gasteiger partial charge in [-0.3, -0.25) is 0 Å². The lowest BCUT2D eigenvalue weighted by atomic mass is 10.1. The lowest BCUT2D eigenvalue weighted by Gasteiger charge is -2.04. The van der Waals surface area contributed by atoms with Gasteiger partial charge in [-0.2, -0.15) is 0 Å². The van der Waals surface area contributed by atoms with Crippen molar-refractivity contribution in [3.05, 3.63) is 60.7 Å². The summed E-state index contributed by atoms with van der Waals surface area (Å²) in [5, 5.41) is 0. The number of benzene rings is 1. The Morgan fingerprint density at radius 1 is 0.867 bits per heavy atom. The van der Waals surface area contributed by atoms with Gasteiger partial charge in [-0.05, 0) is 18.9 Å². The number of ether oxygens (including phenoxy) is 2. The van der Waals surface area contributed by atoms with Gasteiger partial charge in [0.2, 0.25) is 0 Å². The smallest absolute Gasteiger partial charge is 0.333 e. The molecule has 4 heteroatoms. The summed E-state index contributed by atoms with van der Waals surface area (Å²) in [6.45, 7) is 11.6. The molecule has 0 spiro atoms. The van der Waals surface area contributed by atoms with Crippen molar-refractivity contribution in [2.45, 2.75) is 84.7 Å². The number of rotatable bonds is 15. The molecule has 0 fully saturated rings. The highest BCUT2D eigenvalue weighted by molar-refractivity contribution is 5.86. The van der Waals surface area contributed by atoms with E-state index in [1.807, 2.05) is 30.3 Å². The van der Waals surface area contributed by atoms with Gasteiger partial charge in [0, 0.05) is 11.6 Å². The van der Waals surface area contributed by atoms with Gasteiger partial charge in [0.1, 0.15) is 6.61 Å². The normalized spacial score (nSPS) is 9.80. The summed E-state index contributed by atoms with van der Waals surface area (Å²) in [7, 11) is 0. The second-order valence-corrected chi connectivity index (χ2v) is 7.40. The summed E-state index contributed by atoms with van der Waals surface area (Å²) < 4.78 is 9.86. The highest BCUT2D eigenvalue weighted by Gasteiger charge is 2.01. The van der Waals surface area contributed by atoms with Crippen LogP contribution in [0.15, 0.2) is 55.1 Å². The summed E-state index contributed by atoms with van der Waals surface area (Å²) in [6, 6.07) is 9.51. The minimum atomic E-state index is -0.390. The first-order valence-corrected chi connectivity index (χ1v) is 11.2. The molecule has 0 saturated carbocycles. The molecule has 4 nitrogen and oxygen atoms in total. The van der Waals surface area contributed by atoms with Crippen molar-refractivity contribution in [2.75, 3.05) is 6.61 Å². The minimum Gasteiger partial charge on any atom is -0.462 e. The van der Waals surface area contributed by atoms with Gasteiger partial charge in [-0.25, -0.2) is 9.59 Å². The molecule has 0 bridgehead atoms. The molecule has 0 radical (unpaired) electrons. The summed E-state index contributed by atoms with van der Waals surface area (Å²) >= 11 is 0. The third kappa shape index (κ3) is 17.7. The van der Waals surface area contributed by atoms with Crippen molar-refractivity contribution in [2.24, 2.45) is 0 Å². The Morgan fingerprint density at radius 3 is 1.90 bits per heavy atom. The van der Waals surface area contributed by atoms with Crippen LogP contribution in [0.3, 0.4) is 0 Å². The molecule has 168 valence electrons. The third-order valence-corrected chi connectivity index (χ3v) is 4.47. The van der Waals surface area contributed by atoms with E-state index in [0.29, 0.717) is 18.8 Å². The fourth-order valence-electron chi connectivity index (χ4n) is 2.67. The summed E-state index contributed by atoms with van der Waals surface area (Å²) in [5.74, 6) is -0.648. The van der Waals surface area contributed by atoms with E-state index in [9.17, 15) is 9.59 Å². The van der Waals surface area contributed by atoms with Crippen LogP contribution in [0.25, 0.3) is 0 Å². The van der Waals surface area contributed by atoms with Gasteiger partial charge in [0.05, 0.1) is 6.61 Å². The Kier molecular flexibility index (Phi) is 18.4. The van der Waals surface area contributed by atoms with E-state index in [4.69, 9.17) is 9.47 Å². The molecule has 1 aromatic rings. The van der Waals surface area contributed by atoms with Crippen LogP contribution in [-0.4, -0.2) is 18.5 Å². The fraction of sp³-hybridized carbons (Fsp3) is 0.538. The first-order valence-electron chi connectivity index (χ1n) is 11.2. The predicted molar refractivity (Wildman–Crippen MR) is 124 cm³/mol. The van der Waals surface area contributed by atoms with Crippen molar-refractivity contribution in [3.63, 3.8) is 0 Å². The molecule has 0 aliphatic carbocycles. The monoisotopic (exact) mass is 416 g/mol. The van der Waals surface area contributed by atoms with Crippen LogP contribution in [0.1, 0.15) is 83.6 Å². The van der Waals surface area contributed by atoms with E-state index in [1.54, 1.807) is 6.92 Å². The average molecular weight is 417 g/mol. The van der Waals surface area contributed by atoms with Crippen LogP contribution in [0.5, 0.6) is 0 Å². The van der Waals surface area contributed by atoms with Crippen LogP contribution < -0.4 is 0 Å². The second-order valence-electron chi connectivity index (χ2n) is 7.40. The lowest BCUT2D eigenvalue weighted by Crippen LogP contribution is -2.05. The highest BCUT2D eigenvalue weighted by Crippen LogP contribution is 2.10. The van der Waals surface area contributed by atoms with E-state index in [-0.39, 0.29) is 11.9 Å². The number of unbranched alkanes of at least 4 members (excludes halogenated alkanes) is 9. The molecule has 0 aromatic heterocycles. The Balaban J connectivity index is 0.000000604. The number of esters is 2. The van der Waals surface area contributed by atoms with E-state index in [2.05, 4.69) is 20.1 Å². The molecular weight excluding hydrogens is 376 g/mol. The Bertz CT molecular complexity index is 592. The molecule has 0 aliphatic heterocycles. The Labute approximate surface area is 183 Å². The standard InChI is InChI=1S/C16H30O2.C10H10O2/c1-4-5-6-7-8-9-10-11-12-13-14-18-16(17)15(2)3;1-2-10(11)12-8-9-6-4-3-5-7-9/h2,4-14H2,1,3H3;2-7H,1,8H2. The van der Waals surface area contributed by atoms with Gasteiger partial charge < -0.3 is 9.47 Å². The molecule has 0 atom stereocenters. The van der Waals surface area contributed by atoms with Crippen molar-refractivity contribution in [1.29, 1.82) is 0 Å². The number of hydrogen-bond donors (Lipinski definition) is 0. The molecule has 0 saturated heterocycles. The van der Waals surface area contributed by atoms with Gasteiger partial charge >= 0.3 is 11.9 Å². The van der Waals surface area contributed by atoms with E-state index < -0.39 is 0 Å². The zero-order valence-electron chi connectivity index (χ0n) is 19.0. The first kappa shape index (κ1) is 27.6. The molecule has 1 rings (SSSR count). The molecule has 0 aliphatic rings. The summed E-state index contributed by atoms with van der Waals surface area (Å²) in [5.41, 5.74) is 1.47. The molecule has 30 heavy (non-hydrogen) atoms.